The van der Waals surface area contributed by atoms with E-state index in [4.69, 9.17) is 5.11 Å². The molecule has 0 aliphatic heterocycles. The minimum absolute atomic E-state index is 0.0483. The summed E-state index contributed by atoms with van der Waals surface area (Å²) in [5, 5.41) is 22.9. The standard InChI is InChI=1S/C13H20N2O3/c1-10-6-11(8-12(7-10)15(17)18)14-9-13(2,3)4-5-16/h6-8,14,16H,4-5,9H2,1-3H3. The van der Waals surface area contributed by atoms with Gasteiger partial charge in [0.05, 0.1) is 4.92 Å². The number of nitro benzene ring substituents is 1. The van der Waals surface area contributed by atoms with Crippen molar-refractivity contribution in [3.63, 3.8) is 0 Å². The topological polar surface area (TPSA) is 75.4 Å². The van der Waals surface area contributed by atoms with Crippen LogP contribution >= 0.6 is 0 Å². The number of rotatable bonds is 6. The largest absolute Gasteiger partial charge is 0.396 e. The highest BCUT2D eigenvalue weighted by molar-refractivity contribution is 5.53. The molecule has 0 saturated carbocycles. The lowest BCUT2D eigenvalue weighted by molar-refractivity contribution is -0.384. The average Bonchev–Trinajstić information content (AvgIpc) is 2.26. The molecule has 0 aromatic heterocycles. The summed E-state index contributed by atoms with van der Waals surface area (Å²) < 4.78 is 0. The van der Waals surface area contributed by atoms with Gasteiger partial charge in [0.15, 0.2) is 0 Å². The van der Waals surface area contributed by atoms with Crippen LogP contribution in [0.2, 0.25) is 0 Å². The Balaban J connectivity index is 2.76. The van der Waals surface area contributed by atoms with Crippen LogP contribution in [0.25, 0.3) is 0 Å². The van der Waals surface area contributed by atoms with Crippen LogP contribution in [-0.2, 0) is 0 Å². The molecule has 0 unspecified atom stereocenters. The maximum Gasteiger partial charge on any atom is 0.271 e. The summed E-state index contributed by atoms with van der Waals surface area (Å²) in [7, 11) is 0. The number of hydrogen-bond acceptors (Lipinski definition) is 4. The van der Waals surface area contributed by atoms with Crippen LogP contribution in [0.3, 0.4) is 0 Å². The highest BCUT2D eigenvalue weighted by Gasteiger charge is 2.17. The minimum atomic E-state index is -0.392. The molecule has 0 saturated heterocycles. The van der Waals surface area contributed by atoms with E-state index in [9.17, 15) is 10.1 Å². The summed E-state index contributed by atoms with van der Waals surface area (Å²) in [6, 6.07) is 4.95. The highest BCUT2D eigenvalue weighted by Crippen LogP contribution is 2.24. The quantitative estimate of drug-likeness (QED) is 0.603. The smallest absolute Gasteiger partial charge is 0.271 e. The summed E-state index contributed by atoms with van der Waals surface area (Å²) in [5.41, 5.74) is 1.64. The zero-order valence-electron chi connectivity index (χ0n) is 11.1. The van der Waals surface area contributed by atoms with Gasteiger partial charge in [-0.3, -0.25) is 10.1 Å². The highest BCUT2D eigenvalue weighted by atomic mass is 16.6. The third-order valence-electron chi connectivity index (χ3n) is 2.83. The lowest BCUT2D eigenvalue weighted by Gasteiger charge is -2.24. The van der Waals surface area contributed by atoms with Gasteiger partial charge in [-0.1, -0.05) is 13.8 Å². The van der Waals surface area contributed by atoms with E-state index < -0.39 is 4.92 Å². The van der Waals surface area contributed by atoms with E-state index in [0.717, 1.165) is 11.3 Å². The summed E-state index contributed by atoms with van der Waals surface area (Å²) in [5.74, 6) is 0. The van der Waals surface area contributed by atoms with Gasteiger partial charge in [0, 0.05) is 31.0 Å². The Hall–Kier alpha value is -1.62. The number of aryl methyl sites for hydroxylation is 1. The Kier molecular flexibility index (Phi) is 4.67. The van der Waals surface area contributed by atoms with Crippen LogP contribution in [0.5, 0.6) is 0 Å². The van der Waals surface area contributed by atoms with Crippen LogP contribution in [0.1, 0.15) is 25.8 Å². The van der Waals surface area contributed by atoms with Crippen molar-refractivity contribution in [2.45, 2.75) is 27.2 Å². The summed E-state index contributed by atoms with van der Waals surface area (Å²) in [4.78, 5) is 10.4. The van der Waals surface area contributed by atoms with Gasteiger partial charge < -0.3 is 10.4 Å². The predicted octanol–water partition coefficient (Wildman–Crippen LogP) is 2.72. The fourth-order valence-corrected chi connectivity index (χ4v) is 1.70. The molecule has 18 heavy (non-hydrogen) atoms. The number of aliphatic hydroxyl groups is 1. The predicted molar refractivity (Wildman–Crippen MR) is 71.8 cm³/mol. The number of nitrogens with one attached hydrogen (secondary N) is 1. The number of benzene rings is 1. The maximum absolute atomic E-state index is 10.8. The molecule has 0 aliphatic carbocycles. The van der Waals surface area contributed by atoms with Crippen LogP contribution in [-0.4, -0.2) is 23.2 Å². The Morgan fingerprint density at radius 2 is 2.06 bits per heavy atom. The number of aliphatic hydroxyl groups excluding tert-OH is 1. The summed E-state index contributed by atoms with van der Waals surface area (Å²) >= 11 is 0. The fraction of sp³-hybridized carbons (Fsp3) is 0.538. The molecule has 1 rings (SSSR count). The number of nitro groups is 1. The molecule has 1 aromatic carbocycles. The van der Waals surface area contributed by atoms with Crippen molar-refractivity contribution in [1.82, 2.24) is 0 Å². The molecular weight excluding hydrogens is 232 g/mol. The average molecular weight is 252 g/mol. The first-order chi connectivity index (χ1) is 8.34. The van der Waals surface area contributed by atoms with E-state index in [2.05, 4.69) is 5.32 Å². The number of nitrogens with zero attached hydrogens (tertiary/aromatic N) is 1. The molecule has 100 valence electrons. The van der Waals surface area contributed by atoms with E-state index in [1.807, 2.05) is 26.8 Å². The van der Waals surface area contributed by atoms with Crippen molar-refractivity contribution in [2.24, 2.45) is 5.41 Å². The van der Waals surface area contributed by atoms with Gasteiger partial charge >= 0.3 is 0 Å². The third kappa shape index (κ3) is 4.33. The molecule has 0 fully saturated rings. The monoisotopic (exact) mass is 252 g/mol. The molecule has 0 spiro atoms. The van der Waals surface area contributed by atoms with Gasteiger partial charge in [-0.05, 0) is 30.4 Å². The lowest BCUT2D eigenvalue weighted by atomic mass is 9.89. The molecule has 5 nitrogen and oxygen atoms in total. The molecular formula is C13H20N2O3. The second-order valence-corrected chi connectivity index (χ2v) is 5.31. The molecule has 5 heteroatoms. The van der Waals surface area contributed by atoms with Crippen molar-refractivity contribution >= 4 is 11.4 Å². The van der Waals surface area contributed by atoms with Gasteiger partial charge in [0.25, 0.3) is 5.69 Å². The van der Waals surface area contributed by atoms with Crippen LogP contribution in [0.15, 0.2) is 18.2 Å². The number of non-ortho nitro benzene ring substituents is 1. The van der Waals surface area contributed by atoms with Crippen LogP contribution in [0, 0.1) is 22.5 Å². The maximum atomic E-state index is 10.8. The Morgan fingerprint density at radius 1 is 1.39 bits per heavy atom. The SMILES string of the molecule is Cc1cc(NCC(C)(C)CCO)cc([N+](=O)[O-])c1. The van der Waals surface area contributed by atoms with Crippen LogP contribution < -0.4 is 5.32 Å². The van der Waals surface area contributed by atoms with Crippen molar-refractivity contribution in [3.05, 3.63) is 33.9 Å². The second-order valence-electron chi connectivity index (χ2n) is 5.31. The molecule has 1 aromatic rings. The molecule has 0 amide bonds. The van der Waals surface area contributed by atoms with Crippen molar-refractivity contribution < 1.29 is 10.0 Å². The van der Waals surface area contributed by atoms with E-state index in [1.54, 1.807) is 6.07 Å². The Bertz CT molecular complexity index is 430. The summed E-state index contributed by atoms with van der Waals surface area (Å²) in [6.07, 6.45) is 0.688. The van der Waals surface area contributed by atoms with Crippen LogP contribution in [0.4, 0.5) is 11.4 Å². The molecule has 0 aliphatic rings. The zero-order chi connectivity index (χ0) is 13.8. The van der Waals surface area contributed by atoms with Gasteiger partial charge in [-0.2, -0.15) is 0 Å². The first-order valence-electron chi connectivity index (χ1n) is 5.95. The van der Waals surface area contributed by atoms with Crippen molar-refractivity contribution in [3.8, 4) is 0 Å². The molecule has 2 N–H and O–H groups in total. The number of hydrogen-bond donors (Lipinski definition) is 2. The minimum Gasteiger partial charge on any atom is -0.396 e. The molecule has 0 radical (unpaired) electrons. The second kappa shape index (κ2) is 5.82. The van der Waals surface area contributed by atoms with E-state index in [1.165, 1.54) is 6.07 Å². The van der Waals surface area contributed by atoms with E-state index in [0.29, 0.717) is 13.0 Å². The van der Waals surface area contributed by atoms with Gasteiger partial charge in [0.1, 0.15) is 0 Å². The lowest BCUT2D eigenvalue weighted by Crippen LogP contribution is -2.24. The first kappa shape index (κ1) is 14.4. The molecule has 0 heterocycles. The number of anilines is 1. The zero-order valence-corrected chi connectivity index (χ0v) is 11.1. The van der Waals surface area contributed by atoms with Gasteiger partial charge in [0.2, 0.25) is 0 Å². The van der Waals surface area contributed by atoms with E-state index >= 15 is 0 Å². The molecule has 0 bridgehead atoms. The fourth-order valence-electron chi connectivity index (χ4n) is 1.70. The van der Waals surface area contributed by atoms with E-state index in [-0.39, 0.29) is 17.7 Å². The van der Waals surface area contributed by atoms with Crippen molar-refractivity contribution in [2.75, 3.05) is 18.5 Å². The third-order valence-corrected chi connectivity index (χ3v) is 2.83. The van der Waals surface area contributed by atoms with Crippen molar-refractivity contribution in [1.29, 1.82) is 0 Å². The Morgan fingerprint density at radius 3 is 2.61 bits per heavy atom. The van der Waals surface area contributed by atoms with Gasteiger partial charge in [-0.15, -0.1) is 0 Å². The van der Waals surface area contributed by atoms with Gasteiger partial charge in [-0.25, -0.2) is 0 Å². The summed E-state index contributed by atoms with van der Waals surface area (Å²) in [6.45, 7) is 6.72. The normalized spacial score (nSPS) is 11.3. The Labute approximate surface area is 107 Å². The first-order valence-corrected chi connectivity index (χ1v) is 5.95. The molecule has 0 atom stereocenters.